The number of rotatable bonds is 1. The van der Waals surface area contributed by atoms with Crippen LogP contribution in [0.5, 0.6) is 0 Å². The second-order valence-electron chi connectivity index (χ2n) is 4.56. The second-order valence-corrected chi connectivity index (χ2v) is 4.56. The quantitative estimate of drug-likeness (QED) is 0.593. The number of fused-ring (bicyclic) bond motifs is 1. The van der Waals surface area contributed by atoms with Crippen molar-refractivity contribution in [2.24, 2.45) is 11.8 Å². The predicted molar refractivity (Wildman–Crippen MR) is 49.8 cm³/mol. The molecule has 1 nitrogen and oxygen atoms in total. The van der Waals surface area contributed by atoms with Crippen molar-refractivity contribution in [1.29, 1.82) is 0 Å². The zero-order chi connectivity index (χ0) is 8.77. The van der Waals surface area contributed by atoms with Crippen molar-refractivity contribution in [3.8, 4) is 0 Å². The van der Waals surface area contributed by atoms with Gasteiger partial charge in [0.2, 0.25) is 0 Å². The van der Waals surface area contributed by atoms with Crippen LogP contribution >= 0.6 is 0 Å². The zero-order valence-corrected chi connectivity index (χ0v) is 7.84. The Hall–Kier alpha value is -0.300. The Kier molecular flexibility index (Phi) is 1.80. The van der Waals surface area contributed by atoms with E-state index in [1.807, 2.05) is 6.92 Å². The fourth-order valence-electron chi connectivity index (χ4n) is 2.96. The maximum absolute atomic E-state index is 10.2. The summed E-state index contributed by atoms with van der Waals surface area (Å²) in [6.45, 7) is 5.85. The summed E-state index contributed by atoms with van der Waals surface area (Å²) in [6, 6.07) is 0. The van der Waals surface area contributed by atoms with E-state index in [9.17, 15) is 5.11 Å². The predicted octanol–water partition coefficient (Wildman–Crippen LogP) is 2.50. The van der Waals surface area contributed by atoms with E-state index in [1.165, 1.54) is 25.7 Å². The number of aliphatic hydroxyl groups is 1. The molecule has 2 fully saturated rings. The third-order valence-electron chi connectivity index (χ3n) is 3.83. The SMILES string of the molecule is C=C(C)[C@@]1(O)C[C@H]2CCCC[C@H]21. The zero-order valence-electron chi connectivity index (χ0n) is 7.84. The minimum atomic E-state index is -0.481. The van der Waals surface area contributed by atoms with Crippen molar-refractivity contribution in [3.63, 3.8) is 0 Å². The smallest absolute Gasteiger partial charge is 0.0884 e. The van der Waals surface area contributed by atoms with Crippen LogP contribution < -0.4 is 0 Å². The lowest BCUT2D eigenvalue weighted by atomic mass is 9.54. The Labute approximate surface area is 74.5 Å². The molecular formula is C11H18O. The first kappa shape index (κ1) is 8.31. The van der Waals surface area contributed by atoms with Crippen LogP contribution in [-0.4, -0.2) is 10.7 Å². The molecule has 2 rings (SSSR count). The van der Waals surface area contributed by atoms with E-state index in [-0.39, 0.29) is 0 Å². The summed E-state index contributed by atoms with van der Waals surface area (Å²) in [7, 11) is 0. The molecule has 0 bridgehead atoms. The van der Waals surface area contributed by atoms with E-state index in [2.05, 4.69) is 6.58 Å². The average molecular weight is 166 g/mol. The van der Waals surface area contributed by atoms with Crippen LogP contribution in [0.4, 0.5) is 0 Å². The van der Waals surface area contributed by atoms with Crippen molar-refractivity contribution in [1.82, 2.24) is 0 Å². The summed E-state index contributed by atoms with van der Waals surface area (Å²) in [4.78, 5) is 0. The van der Waals surface area contributed by atoms with E-state index in [0.717, 1.165) is 17.9 Å². The van der Waals surface area contributed by atoms with E-state index >= 15 is 0 Å². The van der Waals surface area contributed by atoms with Crippen molar-refractivity contribution < 1.29 is 5.11 Å². The van der Waals surface area contributed by atoms with Crippen LogP contribution in [0.3, 0.4) is 0 Å². The third-order valence-corrected chi connectivity index (χ3v) is 3.83. The van der Waals surface area contributed by atoms with Gasteiger partial charge in [0.25, 0.3) is 0 Å². The number of hydrogen-bond acceptors (Lipinski definition) is 1. The molecule has 12 heavy (non-hydrogen) atoms. The standard InChI is InChI=1S/C11H18O/c1-8(2)11(12)7-9-5-3-4-6-10(9)11/h9-10,12H,1,3-7H2,2H3/t9-,10-,11+/m1/s1. The van der Waals surface area contributed by atoms with Crippen LogP contribution in [0.15, 0.2) is 12.2 Å². The molecule has 0 aliphatic heterocycles. The van der Waals surface area contributed by atoms with Gasteiger partial charge in [-0.15, -0.1) is 0 Å². The molecule has 0 aromatic carbocycles. The minimum Gasteiger partial charge on any atom is -0.385 e. The van der Waals surface area contributed by atoms with Gasteiger partial charge >= 0.3 is 0 Å². The van der Waals surface area contributed by atoms with E-state index in [0.29, 0.717) is 5.92 Å². The second kappa shape index (κ2) is 2.59. The average Bonchev–Trinajstić information content (AvgIpc) is 2.02. The highest BCUT2D eigenvalue weighted by Crippen LogP contribution is 2.54. The molecule has 2 saturated carbocycles. The molecule has 3 atom stereocenters. The van der Waals surface area contributed by atoms with E-state index in [1.54, 1.807) is 0 Å². The maximum Gasteiger partial charge on any atom is 0.0884 e. The Morgan fingerprint density at radius 2 is 2.08 bits per heavy atom. The molecule has 0 spiro atoms. The van der Waals surface area contributed by atoms with Crippen molar-refractivity contribution in [3.05, 3.63) is 12.2 Å². The van der Waals surface area contributed by atoms with Crippen molar-refractivity contribution in [2.75, 3.05) is 0 Å². The lowest BCUT2D eigenvalue weighted by Crippen LogP contribution is -2.55. The molecule has 0 heterocycles. The molecular weight excluding hydrogens is 148 g/mol. The summed E-state index contributed by atoms with van der Waals surface area (Å²) >= 11 is 0. The summed E-state index contributed by atoms with van der Waals surface area (Å²) < 4.78 is 0. The fraction of sp³-hybridized carbons (Fsp3) is 0.818. The third kappa shape index (κ3) is 0.957. The fourth-order valence-corrected chi connectivity index (χ4v) is 2.96. The van der Waals surface area contributed by atoms with Gasteiger partial charge in [0.1, 0.15) is 0 Å². The molecule has 0 amide bonds. The molecule has 0 aromatic heterocycles. The van der Waals surface area contributed by atoms with Crippen LogP contribution in [-0.2, 0) is 0 Å². The van der Waals surface area contributed by atoms with Crippen LogP contribution in [0.2, 0.25) is 0 Å². The van der Waals surface area contributed by atoms with E-state index in [4.69, 9.17) is 0 Å². The Balaban J connectivity index is 2.09. The molecule has 1 heteroatoms. The summed E-state index contributed by atoms with van der Waals surface area (Å²) in [5.74, 6) is 1.35. The molecule has 1 N–H and O–H groups in total. The van der Waals surface area contributed by atoms with Gasteiger partial charge in [0.05, 0.1) is 5.60 Å². The highest BCUT2D eigenvalue weighted by atomic mass is 16.3. The Morgan fingerprint density at radius 3 is 2.67 bits per heavy atom. The highest BCUT2D eigenvalue weighted by Gasteiger charge is 2.53. The lowest BCUT2D eigenvalue weighted by molar-refractivity contribution is -0.126. The van der Waals surface area contributed by atoms with Gasteiger partial charge in [-0.05, 0) is 43.6 Å². The lowest BCUT2D eigenvalue weighted by Gasteiger charge is -2.55. The van der Waals surface area contributed by atoms with Crippen molar-refractivity contribution in [2.45, 2.75) is 44.6 Å². The topological polar surface area (TPSA) is 20.2 Å². The summed E-state index contributed by atoms with van der Waals surface area (Å²) in [5, 5.41) is 10.2. The molecule has 68 valence electrons. The van der Waals surface area contributed by atoms with Gasteiger partial charge in [-0.25, -0.2) is 0 Å². The first-order valence-corrected chi connectivity index (χ1v) is 5.03. The van der Waals surface area contributed by atoms with Crippen LogP contribution in [0, 0.1) is 11.8 Å². The Morgan fingerprint density at radius 1 is 1.42 bits per heavy atom. The first-order valence-electron chi connectivity index (χ1n) is 5.03. The molecule has 0 radical (unpaired) electrons. The van der Waals surface area contributed by atoms with E-state index < -0.39 is 5.60 Å². The normalized spacial score (nSPS) is 46.2. The number of hydrogen-bond donors (Lipinski definition) is 1. The van der Waals surface area contributed by atoms with Gasteiger partial charge in [-0.1, -0.05) is 19.4 Å². The first-order chi connectivity index (χ1) is 5.64. The van der Waals surface area contributed by atoms with Crippen molar-refractivity contribution >= 4 is 0 Å². The highest BCUT2D eigenvalue weighted by molar-refractivity contribution is 5.20. The molecule has 0 unspecified atom stereocenters. The van der Waals surface area contributed by atoms with Gasteiger partial charge < -0.3 is 5.11 Å². The summed E-state index contributed by atoms with van der Waals surface area (Å²) in [5.41, 5.74) is 0.496. The van der Waals surface area contributed by atoms with Gasteiger partial charge in [-0.3, -0.25) is 0 Å². The largest absolute Gasteiger partial charge is 0.385 e. The van der Waals surface area contributed by atoms with Gasteiger partial charge in [0, 0.05) is 0 Å². The van der Waals surface area contributed by atoms with Crippen LogP contribution in [0.1, 0.15) is 39.0 Å². The monoisotopic (exact) mass is 166 g/mol. The van der Waals surface area contributed by atoms with Gasteiger partial charge in [-0.2, -0.15) is 0 Å². The maximum atomic E-state index is 10.2. The van der Waals surface area contributed by atoms with Crippen LogP contribution in [0.25, 0.3) is 0 Å². The molecule has 2 aliphatic carbocycles. The molecule has 0 saturated heterocycles. The summed E-state index contributed by atoms with van der Waals surface area (Å²) in [6.07, 6.45) is 6.20. The van der Waals surface area contributed by atoms with Gasteiger partial charge in [0.15, 0.2) is 0 Å². The minimum absolute atomic E-state index is 0.481. The molecule has 0 aromatic rings. The Bertz CT molecular complexity index is 209. The molecule has 2 aliphatic rings.